The number of nitrogens with two attached hydrogens (primary N) is 1. The van der Waals surface area contributed by atoms with Crippen LogP contribution in [-0.2, 0) is 14.4 Å². The van der Waals surface area contributed by atoms with E-state index >= 15 is 0 Å². The van der Waals surface area contributed by atoms with Crippen molar-refractivity contribution in [3.63, 3.8) is 0 Å². The maximum atomic E-state index is 13.7. The number of aromatic nitrogens is 1. The summed E-state index contributed by atoms with van der Waals surface area (Å²) in [7, 11) is 4.18. The van der Waals surface area contributed by atoms with E-state index in [9.17, 15) is 14.4 Å². The van der Waals surface area contributed by atoms with E-state index < -0.39 is 18.1 Å². The number of piperazine rings is 1. The number of nitrogens with one attached hydrogen (secondary N) is 3. The van der Waals surface area contributed by atoms with Gasteiger partial charge in [-0.15, -0.1) is 0 Å². The standard InChI is InChI=1S/C39H58N8O3/c1-6-12-31(40)37(48)43-33(13-7-2)38(49)44-34(14-8-3)39(50)47-25-23-46(24-26-47)29-19-17-28(18-20-29)35-27-36(41-21-11-22-45(4)5)30-15-9-10-16-32(30)42-35/h9-10,15-20,27,31,33-34H,6-8,11-14,21-26,40H2,1-5H3,(H,41,42)(H,43,48)(H,44,49). The van der Waals surface area contributed by atoms with Crippen molar-refractivity contribution >= 4 is 40.0 Å². The lowest BCUT2D eigenvalue weighted by atomic mass is 10.1. The lowest BCUT2D eigenvalue weighted by Crippen LogP contribution is -2.58. The van der Waals surface area contributed by atoms with E-state index in [1.54, 1.807) is 0 Å². The summed E-state index contributed by atoms with van der Waals surface area (Å²) in [6.45, 7) is 10.3. The number of benzene rings is 2. The Morgan fingerprint density at radius 2 is 1.48 bits per heavy atom. The summed E-state index contributed by atoms with van der Waals surface area (Å²) in [5.74, 6) is -0.736. The van der Waals surface area contributed by atoms with Crippen LogP contribution in [0.3, 0.4) is 0 Å². The lowest BCUT2D eigenvalue weighted by Gasteiger charge is -2.38. The molecule has 3 atom stereocenters. The first kappa shape index (κ1) is 38.6. The number of para-hydroxylation sites is 1. The monoisotopic (exact) mass is 686 g/mol. The van der Waals surface area contributed by atoms with Crippen molar-refractivity contribution in [1.29, 1.82) is 0 Å². The molecule has 4 rings (SSSR count). The van der Waals surface area contributed by atoms with Crippen LogP contribution in [0.15, 0.2) is 54.6 Å². The molecule has 0 radical (unpaired) electrons. The quantitative estimate of drug-likeness (QED) is 0.143. The molecule has 272 valence electrons. The maximum absolute atomic E-state index is 13.7. The third kappa shape index (κ3) is 10.6. The topological polar surface area (TPSA) is 136 Å². The Labute approximate surface area is 298 Å². The van der Waals surface area contributed by atoms with E-state index in [-0.39, 0.29) is 17.7 Å². The Hall–Kier alpha value is -4.22. The number of anilines is 2. The van der Waals surface area contributed by atoms with Gasteiger partial charge in [0.05, 0.1) is 17.3 Å². The molecule has 11 heteroatoms. The lowest BCUT2D eigenvalue weighted by molar-refractivity contribution is -0.138. The van der Waals surface area contributed by atoms with E-state index in [1.165, 1.54) is 0 Å². The van der Waals surface area contributed by atoms with Crippen molar-refractivity contribution in [2.24, 2.45) is 5.73 Å². The zero-order chi connectivity index (χ0) is 36.0. The van der Waals surface area contributed by atoms with Crippen LogP contribution in [0.4, 0.5) is 11.4 Å². The molecule has 1 saturated heterocycles. The Kier molecular flexibility index (Phi) is 14.9. The summed E-state index contributed by atoms with van der Waals surface area (Å²) in [4.78, 5) is 50.8. The van der Waals surface area contributed by atoms with Gasteiger partial charge in [0.1, 0.15) is 12.1 Å². The summed E-state index contributed by atoms with van der Waals surface area (Å²) in [6, 6.07) is 16.9. The summed E-state index contributed by atoms with van der Waals surface area (Å²) >= 11 is 0. The van der Waals surface area contributed by atoms with Crippen LogP contribution in [0.5, 0.6) is 0 Å². The number of hydrogen-bond donors (Lipinski definition) is 4. The number of fused-ring (bicyclic) bond motifs is 1. The van der Waals surface area contributed by atoms with E-state index in [0.29, 0.717) is 51.9 Å². The predicted octanol–water partition coefficient (Wildman–Crippen LogP) is 4.61. The Balaban J connectivity index is 1.37. The van der Waals surface area contributed by atoms with Crippen LogP contribution in [0.2, 0.25) is 0 Å². The van der Waals surface area contributed by atoms with Gasteiger partial charge in [-0.25, -0.2) is 4.98 Å². The first-order chi connectivity index (χ1) is 24.1. The molecule has 1 aromatic heterocycles. The normalized spacial score (nSPS) is 15.1. The highest BCUT2D eigenvalue weighted by Gasteiger charge is 2.31. The van der Waals surface area contributed by atoms with Gasteiger partial charge in [-0.05, 0) is 70.6 Å². The molecule has 1 aliphatic rings. The molecule has 2 heterocycles. The molecule has 11 nitrogen and oxygen atoms in total. The second-order valence-electron chi connectivity index (χ2n) is 13.6. The van der Waals surface area contributed by atoms with Gasteiger partial charge in [-0.3, -0.25) is 14.4 Å². The SMILES string of the molecule is CCCC(N)C(=O)NC(CCC)C(=O)NC(CCC)C(=O)N1CCN(c2ccc(-c3cc(NCCCN(C)C)c4ccccc4n3)cc2)CC1. The Morgan fingerprint density at radius 1 is 0.840 bits per heavy atom. The minimum atomic E-state index is -0.719. The van der Waals surface area contributed by atoms with E-state index in [0.717, 1.165) is 65.9 Å². The smallest absolute Gasteiger partial charge is 0.245 e. The summed E-state index contributed by atoms with van der Waals surface area (Å²) < 4.78 is 0. The fourth-order valence-electron chi connectivity index (χ4n) is 6.43. The molecule has 50 heavy (non-hydrogen) atoms. The number of hydrogen-bond acceptors (Lipinski definition) is 8. The minimum absolute atomic E-state index is 0.0760. The molecule has 3 aromatic rings. The largest absolute Gasteiger partial charge is 0.384 e. The molecule has 0 aliphatic carbocycles. The Bertz CT molecular complexity index is 1540. The van der Waals surface area contributed by atoms with Gasteiger partial charge in [0.15, 0.2) is 0 Å². The van der Waals surface area contributed by atoms with Crippen molar-refractivity contribution in [3.05, 3.63) is 54.6 Å². The number of amides is 3. The highest BCUT2D eigenvalue weighted by molar-refractivity contribution is 5.94. The van der Waals surface area contributed by atoms with Gasteiger partial charge in [0.25, 0.3) is 0 Å². The number of nitrogens with zero attached hydrogens (tertiary/aromatic N) is 4. The average Bonchev–Trinajstić information content (AvgIpc) is 3.12. The molecule has 0 saturated carbocycles. The van der Waals surface area contributed by atoms with Crippen molar-refractivity contribution in [1.82, 2.24) is 25.4 Å². The van der Waals surface area contributed by atoms with E-state index in [4.69, 9.17) is 10.7 Å². The molecule has 3 amide bonds. The van der Waals surface area contributed by atoms with Crippen LogP contribution < -0.4 is 26.6 Å². The van der Waals surface area contributed by atoms with Crippen LogP contribution in [0, 0.1) is 0 Å². The summed E-state index contributed by atoms with van der Waals surface area (Å²) in [5, 5.41) is 10.5. The molecule has 1 fully saturated rings. The zero-order valence-corrected chi connectivity index (χ0v) is 30.7. The molecule has 1 aliphatic heterocycles. The Morgan fingerprint density at radius 3 is 2.14 bits per heavy atom. The zero-order valence-electron chi connectivity index (χ0n) is 30.7. The van der Waals surface area contributed by atoms with Crippen molar-refractivity contribution in [3.8, 4) is 11.3 Å². The molecule has 2 aromatic carbocycles. The number of carbonyl (C=O) groups is 3. The van der Waals surface area contributed by atoms with E-state index in [1.807, 2.05) is 37.8 Å². The first-order valence-electron chi connectivity index (χ1n) is 18.4. The van der Waals surface area contributed by atoms with Crippen molar-refractivity contribution in [2.75, 3.05) is 63.6 Å². The van der Waals surface area contributed by atoms with E-state index in [2.05, 4.69) is 82.3 Å². The maximum Gasteiger partial charge on any atom is 0.245 e. The summed E-state index contributed by atoms with van der Waals surface area (Å²) in [5.41, 5.74) is 11.1. The molecular formula is C39H58N8O3. The fourth-order valence-corrected chi connectivity index (χ4v) is 6.43. The third-order valence-electron chi connectivity index (χ3n) is 9.27. The van der Waals surface area contributed by atoms with Gasteiger partial charge < -0.3 is 36.4 Å². The van der Waals surface area contributed by atoms with Crippen LogP contribution >= 0.6 is 0 Å². The van der Waals surface area contributed by atoms with Gasteiger partial charge in [0, 0.05) is 55.0 Å². The highest BCUT2D eigenvalue weighted by Crippen LogP contribution is 2.30. The summed E-state index contributed by atoms with van der Waals surface area (Å²) in [6.07, 6.45) is 4.85. The van der Waals surface area contributed by atoms with Crippen molar-refractivity contribution in [2.45, 2.75) is 83.8 Å². The molecule has 5 N–H and O–H groups in total. The van der Waals surface area contributed by atoms with Crippen LogP contribution in [0.25, 0.3) is 22.2 Å². The first-order valence-corrected chi connectivity index (χ1v) is 18.4. The number of pyridine rings is 1. The average molecular weight is 687 g/mol. The molecule has 3 unspecified atom stereocenters. The minimum Gasteiger partial charge on any atom is -0.384 e. The van der Waals surface area contributed by atoms with Crippen molar-refractivity contribution < 1.29 is 14.4 Å². The second kappa shape index (κ2) is 19.2. The van der Waals surface area contributed by atoms with Gasteiger partial charge in [0.2, 0.25) is 17.7 Å². The second-order valence-corrected chi connectivity index (χ2v) is 13.6. The van der Waals surface area contributed by atoms with Crippen LogP contribution in [0.1, 0.15) is 65.7 Å². The van der Waals surface area contributed by atoms with Crippen LogP contribution in [-0.4, -0.2) is 104 Å². The fraction of sp³-hybridized carbons (Fsp3) is 0.538. The number of carbonyl (C=O) groups excluding carboxylic acids is 3. The van der Waals surface area contributed by atoms with Gasteiger partial charge >= 0.3 is 0 Å². The molecule has 0 spiro atoms. The molecule has 0 bridgehead atoms. The van der Waals surface area contributed by atoms with Gasteiger partial charge in [-0.2, -0.15) is 0 Å². The predicted molar refractivity (Wildman–Crippen MR) is 204 cm³/mol. The highest BCUT2D eigenvalue weighted by atomic mass is 16.2. The molecular weight excluding hydrogens is 628 g/mol. The van der Waals surface area contributed by atoms with Gasteiger partial charge in [-0.1, -0.05) is 70.4 Å². The third-order valence-corrected chi connectivity index (χ3v) is 9.27. The number of rotatable bonds is 18.